The Kier molecular flexibility index (Phi) is 3.84. The van der Waals surface area contributed by atoms with Crippen molar-refractivity contribution in [3.05, 3.63) is 48.2 Å². The van der Waals surface area contributed by atoms with Crippen molar-refractivity contribution in [3.8, 4) is 0 Å². The van der Waals surface area contributed by atoms with E-state index >= 15 is 0 Å². The number of methoxy groups -OCH3 is 1. The predicted molar refractivity (Wildman–Crippen MR) is 95.4 cm³/mol. The molecule has 1 amide bonds. The first-order valence-electron chi connectivity index (χ1n) is 8.33. The van der Waals surface area contributed by atoms with Crippen LogP contribution in [0.3, 0.4) is 0 Å². The smallest absolute Gasteiger partial charge is 0.329 e. The van der Waals surface area contributed by atoms with E-state index in [0.717, 1.165) is 16.5 Å². The normalized spacial score (nSPS) is 27.7. The molecule has 2 aromatic rings. The minimum absolute atomic E-state index is 0.0299. The molecule has 1 aliphatic carbocycles. The number of hydrogen-bond donors (Lipinski definition) is 1. The van der Waals surface area contributed by atoms with E-state index in [1.54, 1.807) is 4.90 Å². The van der Waals surface area contributed by atoms with Gasteiger partial charge in [-0.25, -0.2) is 0 Å². The average molecular weight is 359 g/mol. The molecule has 1 aromatic carbocycles. The lowest BCUT2D eigenvalue weighted by Crippen LogP contribution is -2.63. The number of para-hydroxylation sites is 1. The van der Waals surface area contributed by atoms with Gasteiger partial charge in [-0.3, -0.25) is 9.59 Å². The zero-order valence-corrected chi connectivity index (χ0v) is 14.6. The molecular weight excluding hydrogens is 340 g/mol. The fourth-order valence-corrected chi connectivity index (χ4v) is 4.47. The highest BCUT2D eigenvalue weighted by Gasteiger charge is 2.54. The SMILES string of the molecule is COC(=O)[C@]1(Cl)C[C@@H]2C=C[C@H]1N(C(=O)Cc1c[nH]c3ccccc13)C2. The molecule has 3 aliphatic rings. The van der Waals surface area contributed by atoms with Crippen LogP contribution in [-0.4, -0.2) is 46.3 Å². The second-order valence-electron chi connectivity index (χ2n) is 6.73. The van der Waals surface area contributed by atoms with E-state index in [2.05, 4.69) is 4.98 Å². The number of aromatic amines is 1. The van der Waals surface area contributed by atoms with Gasteiger partial charge in [0.05, 0.1) is 19.6 Å². The van der Waals surface area contributed by atoms with Gasteiger partial charge in [-0.05, 0) is 24.0 Å². The van der Waals surface area contributed by atoms with Crippen molar-refractivity contribution in [1.29, 1.82) is 0 Å². The summed E-state index contributed by atoms with van der Waals surface area (Å²) in [5, 5.41) is 1.04. The van der Waals surface area contributed by atoms with Gasteiger partial charge in [-0.2, -0.15) is 0 Å². The number of halogens is 1. The summed E-state index contributed by atoms with van der Waals surface area (Å²) in [6.45, 7) is 0.591. The van der Waals surface area contributed by atoms with Gasteiger partial charge in [0, 0.05) is 23.6 Å². The molecule has 2 bridgehead atoms. The lowest BCUT2D eigenvalue weighted by atomic mass is 9.76. The van der Waals surface area contributed by atoms with E-state index in [4.69, 9.17) is 16.3 Å². The van der Waals surface area contributed by atoms with Crippen molar-refractivity contribution in [2.45, 2.75) is 23.8 Å². The van der Waals surface area contributed by atoms with Crippen LogP contribution in [0.25, 0.3) is 10.9 Å². The van der Waals surface area contributed by atoms with Crippen LogP contribution in [0.1, 0.15) is 12.0 Å². The molecular formula is C19H19ClN2O3. The van der Waals surface area contributed by atoms with E-state index < -0.39 is 16.9 Å². The van der Waals surface area contributed by atoms with E-state index in [0.29, 0.717) is 13.0 Å². The highest BCUT2D eigenvalue weighted by atomic mass is 35.5. The third-order valence-electron chi connectivity index (χ3n) is 5.22. The number of carbonyl (C=O) groups is 2. The number of nitrogens with zero attached hydrogens (tertiary/aromatic N) is 1. The highest BCUT2D eigenvalue weighted by molar-refractivity contribution is 6.35. The molecule has 0 unspecified atom stereocenters. The Morgan fingerprint density at radius 3 is 2.92 bits per heavy atom. The summed E-state index contributed by atoms with van der Waals surface area (Å²) in [6.07, 6.45) is 6.56. The van der Waals surface area contributed by atoms with Gasteiger partial charge in [-0.1, -0.05) is 30.4 Å². The van der Waals surface area contributed by atoms with Crippen LogP contribution in [0.5, 0.6) is 0 Å². The number of ether oxygens (including phenoxy) is 1. The Morgan fingerprint density at radius 2 is 2.16 bits per heavy atom. The van der Waals surface area contributed by atoms with Crippen molar-refractivity contribution in [2.24, 2.45) is 5.92 Å². The lowest BCUT2D eigenvalue weighted by molar-refractivity contribution is -0.150. The molecule has 130 valence electrons. The second-order valence-corrected chi connectivity index (χ2v) is 7.40. The zero-order valence-electron chi connectivity index (χ0n) is 13.9. The van der Waals surface area contributed by atoms with Gasteiger partial charge in [0.2, 0.25) is 5.91 Å². The van der Waals surface area contributed by atoms with Crippen LogP contribution in [0, 0.1) is 5.92 Å². The number of carbonyl (C=O) groups excluding carboxylic acids is 2. The van der Waals surface area contributed by atoms with Crippen molar-refractivity contribution >= 4 is 34.4 Å². The summed E-state index contributed by atoms with van der Waals surface area (Å²) in [7, 11) is 1.33. The maximum absolute atomic E-state index is 13.0. The van der Waals surface area contributed by atoms with Crippen molar-refractivity contribution in [2.75, 3.05) is 13.7 Å². The molecule has 1 N–H and O–H groups in total. The fraction of sp³-hybridized carbons (Fsp3) is 0.368. The summed E-state index contributed by atoms with van der Waals surface area (Å²) < 4.78 is 4.89. The number of amides is 1. The van der Waals surface area contributed by atoms with Gasteiger partial charge in [0.25, 0.3) is 0 Å². The maximum atomic E-state index is 13.0. The van der Waals surface area contributed by atoms with Gasteiger partial charge in [0.1, 0.15) is 0 Å². The predicted octanol–water partition coefficient (Wildman–Crippen LogP) is 2.65. The molecule has 1 aromatic heterocycles. The number of aromatic nitrogens is 1. The summed E-state index contributed by atoms with van der Waals surface area (Å²) in [6, 6.07) is 7.42. The molecule has 0 spiro atoms. The lowest BCUT2D eigenvalue weighted by Gasteiger charge is -2.49. The molecule has 3 heterocycles. The van der Waals surface area contributed by atoms with Crippen LogP contribution in [-0.2, 0) is 20.7 Å². The number of H-pyrrole nitrogens is 1. The number of piperidine rings is 1. The van der Waals surface area contributed by atoms with Crippen LogP contribution >= 0.6 is 11.6 Å². The Balaban J connectivity index is 1.60. The monoisotopic (exact) mass is 358 g/mol. The first kappa shape index (κ1) is 16.2. The summed E-state index contributed by atoms with van der Waals surface area (Å²) in [5.41, 5.74) is 1.95. The first-order valence-corrected chi connectivity index (χ1v) is 8.71. The molecule has 0 radical (unpaired) electrons. The Morgan fingerprint density at radius 1 is 1.36 bits per heavy atom. The topological polar surface area (TPSA) is 62.4 Å². The minimum Gasteiger partial charge on any atom is -0.468 e. The van der Waals surface area contributed by atoms with Crippen LogP contribution in [0.2, 0.25) is 0 Å². The molecule has 5 rings (SSSR count). The first-order chi connectivity index (χ1) is 12.0. The van der Waals surface area contributed by atoms with Crippen molar-refractivity contribution < 1.29 is 14.3 Å². The molecule has 1 saturated heterocycles. The standard InChI is InChI=1S/C19H19ClN2O3/c1-25-18(24)19(20)9-12-6-7-16(19)22(11-12)17(23)8-13-10-21-15-5-3-2-4-14(13)15/h2-7,10,12,16,21H,8-9,11H2,1H3/t12-,16+,19-/m0/s1. The number of hydrogen-bond acceptors (Lipinski definition) is 3. The molecule has 6 heteroatoms. The summed E-state index contributed by atoms with van der Waals surface area (Å²) in [5.74, 6) is -0.427. The Hall–Kier alpha value is -2.27. The van der Waals surface area contributed by atoms with Crippen LogP contribution in [0.4, 0.5) is 0 Å². The molecule has 3 atom stereocenters. The number of alkyl halides is 1. The maximum Gasteiger partial charge on any atom is 0.329 e. The number of benzene rings is 1. The molecule has 0 saturated carbocycles. The van der Waals surface area contributed by atoms with Gasteiger partial charge < -0.3 is 14.6 Å². The van der Waals surface area contributed by atoms with Crippen molar-refractivity contribution in [3.63, 3.8) is 0 Å². The molecule has 1 fully saturated rings. The largest absolute Gasteiger partial charge is 0.468 e. The van der Waals surface area contributed by atoms with E-state index in [9.17, 15) is 9.59 Å². The van der Waals surface area contributed by atoms with E-state index in [-0.39, 0.29) is 18.2 Å². The Labute approximate surface area is 150 Å². The van der Waals surface area contributed by atoms with E-state index in [1.807, 2.05) is 42.6 Å². The number of rotatable bonds is 3. The van der Waals surface area contributed by atoms with Crippen LogP contribution in [0.15, 0.2) is 42.6 Å². The Bertz CT molecular complexity index is 874. The average Bonchev–Trinajstić information content (AvgIpc) is 3.04. The van der Waals surface area contributed by atoms with Crippen LogP contribution < -0.4 is 0 Å². The number of fused-ring (bicyclic) bond motifs is 3. The third kappa shape index (κ3) is 2.54. The quantitative estimate of drug-likeness (QED) is 0.521. The second kappa shape index (κ2) is 5.92. The van der Waals surface area contributed by atoms with Gasteiger partial charge >= 0.3 is 5.97 Å². The summed E-state index contributed by atoms with van der Waals surface area (Å²) in [4.78, 5) is 28.9. The van der Waals surface area contributed by atoms with E-state index in [1.165, 1.54) is 7.11 Å². The number of nitrogens with one attached hydrogen (secondary N) is 1. The summed E-state index contributed by atoms with van der Waals surface area (Å²) >= 11 is 6.61. The molecule has 25 heavy (non-hydrogen) atoms. The highest BCUT2D eigenvalue weighted by Crippen LogP contribution is 2.43. The fourth-order valence-electron chi connectivity index (χ4n) is 4.00. The zero-order chi connectivity index (χ0) is 17.6. The molecule has 2 aliphatic heterocycles. The van der Waals surface area contributed by atoms with Gasteiger partial charge in [0.15, 0.2) is 4.87 Å². The minimum atomic E-state index is -1.19. The molecule has 5 nitrogen and oxygen atoms in total. The van der Waals surface area contributed by atoms with Gasteiger partial charge in [-0.15, -0.1) is 11.6 Å². The van der Waals surface area contributed by atoms with Crippen molar-refractivity contribution in [1.82, 2.24) is 9.88 Å². The third-order valence-corrected chi connectivity index (χ3v) is 5.75. The number of esters is 1.